The van der Waals surface area contributed by atoms with Crippen molar-refractivity contribution in [3.05, 3.63) is 104 Å². The summed E-state index contributed by atoms with van der Waals surface area (Å²) < 4.78 is 5.37. The van der Waals surface area contributed by atoms with Crippen molar-refractivity contribution < 1.29 is 14.1 Å². The molecule has 1 aromatic heterocycles. The maximum absolute atomic E-state index is 13.0. The van der Waals surface area contributed by atoms with E-state index < -0.39 is 4.92 Å². The van der Waals surface area contributed by atoms with Crippen LogP contribution in [0.5, 0.6) is 0 Å². The molecular formula is C22H15ClN4O4S. The van der Waals surface area contributed by atoms with Crippen LogP contribution in [0.3, 0.4) is 0 Å². The first-order chi connectivity index (χ1) is 15.5. The molecule has 2 aromatic carbocycles. The molecule has 0 radical (unpaired) electrons. The number of nitrogens with zero attached hydrogens (tertiary/aromatic N) is 4. The van der Waals surface area contributed by atoms with E-state index in [9.17, 15) is 14.9 Å². The van der Waals surface area contributed by atoms with Crippen molar-refractivity contribution >= 4 is 52.4 Å². The number of hydrogen-bond acceptors (Lipinski definition) is 7. The Hall–Kier alpha value is -3.69. The number of hydrogen-bond donors (Lipinski definition) is 0. The third-order valence-corrected chi connectivity index (χ3v) is 5.63. The first kappa shape index (κ1) is 21.5. The second-order valence-electron chi connectivity index (χ2n) is 6.61. The number of halogens is 1. The van der Waals surface area contributed by atoms with E-state index in [0.29, 0.717) is 26.4 Å². The van der Waals surface area contributed by atoms with Gasteiger partial charge in [-0.2, -0.15) is 5.10 Å². The van der Waals surface area contributed by atoms with Crippen LogP contribution in [0.4, 0.5) is 5.69 Å². The fourth-order valence-electron chi connectivity index (χ4n) is 2.85. The highest BCUT2D eigenvalue weighted by molar-refractivity contribution is 8.18. The van der Waals surface area contributed by atoms with Gasteiger partial charge in [-0.1, -0.05) is 35.9 Å². The number of nitro benzene ring substituents is 1. The summed E-state index contributed by atoms with van der Waals surface area (Å²) in [5, 5.41) is 20.4. The second kappa shape index (κ2) is 9.63. The third-order valence-electron chi connectivity index (χ3n) is 4.38. The topological polar surface area (TPSA) is 101 Å². The molecule has 1 amide bonds. The molecule has 2 heterocycles. The Morgan fingerprint density at radius 1 is 1.12 bits per heavy atom. The molecular weight excluding hydrogens is 452 g/mol. The number of furan rings is 1. The standard InChI is InChI=1S/C22H15ClN4O4S/c23-17-8-6-15(7-9-17)13-24-25-22-26(14-19-5-2-10-31-19)21(28)20(32-22)12-16-3-1-4-18(11-16)27(29)30/h1-13H,14H2/b20-12-,24-13+,25-22-. The molecule has 0 aliphatic carbocycles. The van der Waals surface area contributed by atoms with Crippen molar-refractivity contribution in [1.29, 1.82) is 0 Å². The van der Waals surface area contributed by atoms with Crippen LogP contribution in [0, 0.1) is 10.1 Å². The third kappa shape index (κ3) is 5.13. The maximum Gasteiger partial charge on any atom is 0.270 e. The van der Waals surface area contributed by atoms with Gasteiger partial charge in [0.1, 0.15) is 5.76 Å². The van der Waals surface area contributed by atoms with E-state index in [1.165, 1.54) is 23.3 Å². The Balaban J connectivity index is 1.62. The summed E-state index contributed by atoms with van der Waals surface area (Å²) in [6.07, 6.45) is 4.68. The number of thioether (sulfide) groups is 1. The van der Waals surface area contributed by atoms with Gasteiger partial charge in [0.25, 0.3) is 11.6 Å². The van der Waals surface area contributed by atoms with Crippen molar-refractivity contribution in [3.63, 3.8) is 0 Å². The van der Waals surface area contributed by atoms with Crippen molar-refractivity contribution in [2.45, 2.75) is 6.54 Å². The highest BCUT2D eigenvalue weighted by atomic mass is 35.5. The van der Waals surface area contributed by atoms with Crippen LogP contribution < -0.4 is 0 Å². The van der Waals surface area contributed by atoms with E-state index in [0.717, 1.165) is 17.3 Å². The Labute approximate surface area is 192 Å². The zero-order valence-corrected chi connectivity index (χ0v) is 18.0. The number of rotatable bonds is 6. The molecule has 0 spiro atoms. The summed E-state index contributed by atoms with van der Waals surface area (Å²) in [4.78, 5) is 25.4. The number of benzene rings is 2. The summed E-state index contributed by atoms with van der Waals surface area (Å²) in [7, 11) is 0. The zero-order valence-electron chi connectivity index (χ0n) is 16.4. The fourth-order valence-corrected chi connectivity index (χ4v) is 3.91. The fraction of sp³-hybridized carbons (Fsp3) is 0.0455. The molecule has 10 heteroatoms. The van der Waals surface area contributed by atoms with Crippen molar-refractivity contribution in [1.82, 2.24) is 4.90 Å². The van der Waals surface area contributed by atoms with Crippen LogP contribution in [0.1, 0.15) is 16.9 Å². The number of nitro groups is 1. The van der Waals surface area contributed by atoms with Gasteiger partial charge in [-0.15, -0.1) is 5.10 Å². The minimum atomic E-state index is -0.479. The second-order valence-corrected chi connectivity index (χ2v) is 8.06. The van der Waals surface area contributed by atoms with Gasteiger partial charge in [-0.05, 0) is 53.2 Å². The van der Waals surface area contributed by atoms with Crippen LogP contribution >= 0.6 is 23.4 Å². The van der Waals surface area contributed by atoms with E-state index in [2.05, 4.69) is 10.2 Å². The predicted octanol–water partition coefficient (Wildman–Crippen LogP) is 5.35. The van der Waals surface area contributed by atoms with Gasteiger partial charge >= 0.3 is 0 Å². The Kier molecular flexibility index (Phi) is 6.48. The van der Waals surface area contributed by atoms with Crippen LogP contribution in [0.15, 0.2) is 86.5 Å². The van der Waals surface area contributed by atoms with Gasteiger partial charge in [0.15, 0.2) is 5.17 Å². The van der Waals surface area contributed by atoms with Crippen LogP contribution in [0.25, 0.3) is 6.08 Å². The molecule has 0 unspecified atom stereocenters. The predicted molar refractivity (Wildman–Crippen MR) is 124 cm³/mol. The lowest BCUT2D eigenvalue weighted by Gasteiger charge is -2.12. The smallest absolute Gasteiger partial charge is 0.270 e. The molecule has 1 aliphatic rings. The quantitative estimate of drug-likeness (QED) is 0.211. The van der Waals surface area contributed by atoms with E-state index in [-0.39, 0.29) is 18.1 Å². The molecule has 160 valence electrons. The van der Waals surface area contributed by atoms with E-state index in [1.807, 2.05) is 0 Å². The lowest BCUT2D eigenvalue weighted by Crippen LogP contribution is -2.28. The van der Waals surface area contributed by atoms with Gasteiger partial charge in [0.05, 0.1) is 28.9 Å². The molecule has 1 fully saturated rings. The summed E-state index contributed by atoms with van der Waals surface area (Å²) >= 11 is 7.03. The summed E-state index contributed by atoms with van der Waals surface area (Å²) in [6, 6.07) is 16.6. The van der Waals surface area contributed by atoms with Crippen LogP contribution in [-0.4, -0.2) is 27.1 Å². The SMILES string of the molecule is O=C1/C(=C/c2cccc([N+](=O)[O-])c2)S/C(=N\N=C\c2ccc(Cl)cc2)N1Cc1ccco1. The minimum Gasteiger partial charge on any atom is -0.467 e. The average Bonchev–Trinajstić information content (AvgIpc) is 3.40. The van der Waals surface area contributed by atoms with Gasteiger partial charge in [0.2, 0.25) is 0 Å². The summed E-state index contributed by atoms with van der Waals surface area (Å²) in [5.41, 5.74) is 1.29. The van der Waals surface area contributed by atoms with Gasteiger partial charge in [-0.3, -0.25) is 19.8 Å². The zero-order chi connectivity index (χ0) is 22.5. The average molecular weight is 467 g/mol. The monoisotopic (exact) mass is 466 g/mol. The number of non-ortho nitro benzene ring substituents is 1. The highest BCUT2D eigenvalue weighted by Crippen LogP contribution is 2.34. The van der Waals surface area contributed by atoms with Gasteiger partial charge in [0, 0.05) is 17.2 Å². The van der Waals surface area contributed by atoms with Gasteiger partial charge in [-0.25, -0.2) is 0 Å². The maximum atomic E-state index is 13.0. The molecule has 0 atom stereocenters. The van der Waals surface area contributed by atoms with Crippen molar-refractivity contribution in [3.8, 4) is 0 Å². The molecule has 0 bridgehead atoms. The number of carbonyl (C=O) groups excluding carboxylic acids is 1. The Morgan fingerprint density at radius 2 is 1.94 bits per heavy atom. The summed E-state index contributed by atoms with van der Waals surface area (Å²) in [5.74, 6) is 0.295. The molecule has 8 nitrogen and oxygen atoms in total. The molecule has 32 heavy (non-hydrogen) atoms. The summed E-state index contributed by atoms with van der Waals surface area (Å²) in [6.45, 7) is 0.181. The lowest BCUT2D eigenvalue weighted by molar-refractivity contribution is -0.384. The molecule has 1 saturated heterocycles. The van der Waals surface area contributed by atoms with E-state index in [1.54, 1.807) is 60.8 Å². The molecule has 0 saturated carbocycles. The normalized spacial score (nSPS) is 16.5. The first-order valence-electron chi connectivity index (χ1n) is 9.34. The molecule has 3 aromatic rings. The molecule has 4 rings (SSSR count). The number of amidine groups is 1. The Bertz CT molecular complexity index is 1240. The van der Waals surface area contributed by atoms with Crippen LogP contribution in [0.2, 0.25) is 5.02 Å². The minimum absolute atomic E-state index is 0.0521. The van der Waals surface area contributed by atoms with Crippen LogP contribution in [-0.2, 0) is 11.3 Å². The first-order valence-corrected chi connectivity index (χ1v) is 10.5. The molecule has 1 aliphatic heterocycles. The number of amides is 1. The van der Waals surface area contributed by atoms with E-state index >= 15 is 0 Å². The molecule has 0 N–H and O–H groups in total. The van der Waals surface area contributed by atoms with Crippen molar-refractivity contribution in [2.24, 2.45) is 10.2 Å². The number of carbonyl (C=O) groups is 1. The van der Waals surface area contributed by atoms with Gasteiger partial charge < -0.3 is 4.42 Å². The lowest BCUT2D eigenvalue weighted by atomic mass is 10.2. The van der Waals surface area contributed by atoms with E-state index in [4.69, 9.17) is 16.0 Å². The Morgan fingerprint density at radius 3 is 2.66 bits per heavy atom. The highest BCUT2D eigenvalue weighted by Gasteiger charge is 2.34. The largest absolute Gasteiger partial charge is 0.467 e. The van der Waals surface area contributed by atoms with Crippen molar-refractivity contribution in [2.75, 3.05) is 0 Å².